The molecule has 0 aliphatic heterocycles. The minimum atomic E-state index is -1.09. The normalized spacial score (nSPS) is 10.4. The zero-order valence-electron chi connectivity index (χ0n) is 11.8. The average Bonchev–Trinajstić information content (AvgIpc) is 3.01. The highest BCUT2D eigenvalue weighted by molar-refractivity contribution is 7.13. The van der Waals surface area contributed by atoms with Gasteiger partial charge in [-0.1, -0.05) is 0 Å². The molecule has 0 unspecified atom stereocenters. The molecule has 9 heteroatoms. The van der Waals surface area contributed by atoms with Gasteiger partial charge in [0.05, 0.1) is 12.8 Å². The molecule has 0 atom stereocenters. The molecule has 0 fully saturated rings. The predicted molar refractivity (Wildman–Crippen MR) is 78.6 cm³/mol. The monoisotopic (exact) mass is 322 g/mol. The van der Waals surface area contributed by atoms with Gasteiger partial charge in [0.2, 0.25) is 0 Å². The van der Waals surface area contributed by atoms with Crippen LogP contribution in [0, 0.1) is 0 Å². The molecule has 2 heterocycles. The van der Waals surface area contributed by atoms with Crippen molar-refractivity contribution in [2.45, 2.75) is 0 Å². The summed E-state index contributed by atoms with van der Waals surface area (Å²) in [6.07, 6.45) is 4.63. The second-order valence-corrected chi connectivity index (χ2v) is 5.10. The fraction of sp³-hybridized carbons (Fsp3) is 0.308. The number of aromatic nitrogens is 3. The number of carboxylic acids is 1. The zero-order valence-corrected chi connectivity index (χ0v) is 12.6. The highest BCUT2D eigenvalue weighted by Gasteiger charge is 2.21. The van der Waals surface area contributed by atoms with Gasteiger partial charge in [0.15, 0.2) is 0 Å². The van der Waals surface area contributed by atoms with Crippen molar-refractivity contribution in [1.82, 2.24) is 19.9 Å². The molecule has 0 aliphatic rings. The summed E-state index contributed by atoms with van der Waals surface area (Å²) in [6.45, 7) is 0.0278. The van der Waals surface area contributed by atoms with Crippen LogP contribution in [0.4, 0.5) is 0 Å². The van der Waals surface area contributed by atoms with Gasteiger partial charge in [-0.2, -0.15) is 0 Å². The fourth-order valence-corrected chi connectivity index (χ4v) is 2.43. The van der Waals surface area contributed by atoms with Crippen molar-refractivity contribution in [2.75, 3.05) is 26.8 Å². The van der Waals surface area contributed by atoms with E-state index in [0.717, 1.165) is 0 Å². The lowest BCUT2D eigenvalue weighted by Crippen LogP contribution is -2.38. The molecule has 2 aromatic rings. The van der Waals surface area contributed by atoms with Crippen molar-refractivity contribution in [3.05, 3.63) is 29.7 Å². The molecule has 1 amide bonds. The van der Waals surface area contributed by atoms with E-state index in [1.54, 1.807) is 17.8 Å². The van der Waals surface area contributed by atoms with Crippen molar-refractivity contribution >= 4 is 23.2 Å². The van der Waals surface area contributed by atoms with Crippen LogP contribution in [0.3, 0.4) is 0 Å². The molecule has 0 spiro atoms. The van der Waals surface area contributed by atoms with Gasteiger partial charge in [0, 0.05) is 31.4 Å². The largest absolute Gasteiger partial charge is 0.480 e. The maximum absolute atomic E-state index is 12.3. The van der Waals surface area contributed by atoms with Crippen LogP contribution in [-0.2, 0) is 9.53 Å². The van der Waals surface area contributed by atoms with Crippen molar-refractivity contribution < 1.29 is 19.4 Å². The third-order valence-electron chi connectivity index (χ3n) is 2.68. The Morgan fingerprint density at radius 2 is 2.23 bits per heavy atom. The smallest absolute Gasteiger partial charge is 0.323 e. The number of aliphatic carboxylic acids is 1. The van der Waals surface area contributed by atoms with Crippen LogP contribution >= 0.6 is 11.3 Å². The average molecular weight is 322 g/mol. The third kappa shape index (κ3) is 4.06. The zero-order chi connectivity index (χ0) is 15.9. The quantitative estimate of drug-likeness (QED) is 0.802. The van der Waals surface area contributed by atoms with E-state index in [4.69, 9.17) is 9.84 Å². The Morgan fingerprint density at radius 1 is 1.41 bits per heavy atom. The molecule has 116 valence electrons. The Bertz CT molecular complexity index is 646. The molecule has 0 saturated heterocycles. The van der Waals surface area contributed by atoms with Crippen molar-refractivity contribution in [3.8, 4) is 10.7 Å². The highest BCUT2D eigenvalue weighted by Crippen LogP contribution is 2.21. The summed E-state index contributed by atoms with van der Waals surface area (Å²) in [4.78, 5) is 36.7. The van der Waals surface area contributed by atoms with Gasteiger partial charge in [0.1, 0.15) is 22.9 Å². The van der Waals surface area contributed by atoms with Gasteiger partial charge >= 0.3 is 5.97 Å². The van der Waals surface area contributed by atoms with Crippen LogP contribution in [0.25, 0.3) is 10.7 Å². The van der Waals surface area contributed by atoms with Crippen molar-refractivity contribution in [1.29, 1.82) is 0 Å². The summed E-state index contributed by atoms with van der Waals surface area (Å²) in [5.41, 5.74) is 0.747. The number of amides is 1. The number of carboxylic acid groups (broad SMARTS) is 1. The summed E-state index contributed by atoms with van der Waals surface area (Å²) < 4.78 is 4.89. The van der Waals surface area contributed by atoms with E-state index < -0.39 is 18.4 Å². The summed E-state index contributed by atoms with van der Waals surface area (Å²) in [7, 11) is 1.48. The summed E-state index contributed by atoms with van der Waals surface area (Å²) in [6, 6.07) is 0. The van der Waals surface area contributed by atoms with E-state index in [2.05, 4.69) is 15.0 Å². The van der Waals surface area contributed by atoms with Gasteiger partial charge < -0.3 is 14.7 Å². The summed E-state index contributed by atoms with van der Waals surface area (Å²) >= 11 is 1.25. The third-order valence-corrected chi connectivity index (χ3v) is 3.55. The lowest BCUT2D eigenvalue weighted by atomic mass is 10.3. The van der Waals surface area contributed by atoms with Crippen molar-refractivity contribution in [3.63, 3.8) is 0 Å². The molecule has 0 aliphatic carbocycles. The molecule has 0 bridgehead atoms. The van der Waals surface area contributed by atoms with E-state index in [1.807, 2.05) is 0 Å². The van der Waals surface area contributed by atoms with Gasteiger partial charge in [-0.05, 0) is 0 Å². The number of carbonyl (C=O) groups is 2. The first-order chi connectivity index (χ1) is 10.6. The summed E-state index contributed by atoms with van der Waals surface area (Å²) in [5, 5.41) is 11.0. The molecule has 0 radical (unpaired) electrons. The maximum Gasteiger partial charge on any atom is 0.323 e. The Kier molecular flexibility index (Phi) is 5.50. The Labute approximate surface area is 130 Å². The number of nitrogens with zero attached hydrogens (tertiary/aromatic N) is 4. The van der Waals surface area contributed by atoms with Crippen LogP contribution in [0.5, 0.6) is 0 Å². The number of hydrogen-bond acceptors (Lipinski definition) is 7. The van der Waals surface area contributed by atoms with Crippen molar-refractivity contribution in [2.24, 2.45) is 0 Å². The minimum Gasteiger partial charge on any atom is -0.480 e. The number of thiazole rings is 1. The van der Waals surface area contributed by atoms with E-state index in [9.17, 15) is 9.59 Å². The maximum atomic E-state index is 12.3. The van der Waals surface area contributed by atoms with Crippen LogP contribution in [0.1, 0.15) is 10.5 Å². The van der Waals surface area contributed by atoms with Gasteiger partial charge in [-0.3, -0.25) is 19.6 Å². The molecule has 2 rings (SSSR count). The molecular formula is C13H14N4O4S. The van der Waals surface area contributed by atoms with Gasteiger partial charge in [-0.25, -0.2) is 4.98 Å². The highest BCUT2D eigenvalue weighted by atomic mass is 32.1. The molecule has 0 saturated carbocycles. The van der Waals surface area contributed by atoms with Crippen LogP contribution < -0.4 is 0 Å². The molecule has 22 heavy (non-hydrogen) atoms. The lowest BCUT2D eigenvalue weighted by Gasteiger charge is -2.18. The number of hydrogen-bond donors (Lipinski definition) is 1. The molecule has 8 nitrogen and oxygen atoms in total. The number of rotatable bonds is 7. The van der Waals surface area contributed by atoms with E-state index in [1.165, 1.54) is 29.5 Å². The molecule has 2 aromatic heterocycles. The van der Waals surface area contributed by atoms with Crippen LogP contribution in [-0.4, -0.2) is 63.6 Å². The summed E-state index contributed by atoms with van der Waals surface area (Å²) in [5.74, 6) is -1.54. The Hall–Kier alpha value is -2.39. The van der Waals surface area contributed by atoms with E-state index >= 15 is 0 Å². The SMILES string of the molecule is COCCN(CC(=O)O)C(=O)c1csc(-c2cnccn2)n1. The number of carbonyl (C=O) groups excluding carboxylic acids is 1. The topological polar surface area (TPSA) is 106 Å². The van der Waals surface area contributed by atoms with Crippen LogP contribution in [0.15, 0.2) is 24.0 Å². The minimum absolute atomic E-state index is 0.180. The number of methoxy groups -OCH3 is 1. The van der Waals surface area contributed by atoms with E-state index in [0.29, 0.717) is 10.7 Å². The molecule has 1 N–H and O–H groups in total. The molecular weight excluding hydrogens is 308 g/mol. The Morgan fingerprint density at radius 3 is 2.86 bits per heavy atom. The predicted octanol–water partition coefficient (Wildman–Crippen LogP) is 0.773. The first-order valence-corrected chi connectivity index (χ1v) is 7.21. The fourth-order valence-electron chi connectivity index (χ4n) is 1.68. The lowest BCUT2D eigenvalue weighted by molar-refractivity contribution is -0.137. The standard InChI is InChI=1S/C13H14N4O4S/c1-21-5-4-17(7-11(18)19)13(20)10-8-22-12(16-10)9-6-14-2-3-15-9/h2-3,6,8H,4-5,7H2,1H3,(H,18,19). The van der Waals surface area contributed by atoms with Gasteiger partial charge in [0.25, 0.3) is 5.91 Å². The van der Waals surface area contributed by atoms with E-state index in [-0.39, 0.29) is 18.8 Å². The second-order valence-electron chi connectivity index (χ2n) is 4.24. The van der Waals surface area contributed by atoms with Crippen LogP contribution in [0.2, 0.25) is 0 Å². The second kappa shape index (κ2) is 7.57. The molecule has 0 aromatic carbocycles. The first-order valence-electron chi connectivity index (χ1n) is 6.33. The number of ether oxygens (including phenoxy) is 1. The first kappa shape index (κ1) is 16.0. The Balaban J connectivity index is 2.16. The van der Waals surface area contributed by atoms with Gasteiger partial charge in [-0.15, -0.1) is 11.3 Å².